The number of hydrogen-bond donors (Lipinski definition) is 4. The number of fused-ring (bicyclic) bond motifs is 1. The van der Waals surface area contributed by atoms with Crippen molar-refractivity contribution in [2.45, 2.75) is 40.5 Å². The molecule has 7 nitrogen and oxygen atoms in total. The molecule has 4 N–H and O–H groups in total. The van der Waals surface area contributed by atoms with Gasteiger partial charge < -0.3 is 30.0 Å². The van der Waals surface area contributed by atoms with Crippen LogP contribution in [0.2, 0.25) is 0 Å². The lowest BCUT2D eigenvalue weighted by Gasteiger charge is -2.16. The molecule has 0 unspecified atom stereocenters. The van der Waals surface area contributed by atoms with Crippen LogP contribution in [0, 0.1) is 20.8 Å². The van der Waals surface area contributed by atoms with Crippen LogP contribution in [0.5, 0.6) is 5.75 Å². The number of aryl methyl sites for hydroxylation is 1. The summed E-state index contributed by atoms with van der Waals surface area (Å²) >= 11 is 0. The molecule has 1 heterocycles. The summed E-state index contributed by atoms with van der Waals surface area (Å²) in [6.45, 7) is 9.55. The van der Waals surface area contributed by atoms with Crippen molar-refractivity contribution in [2.75, 3.05) is 26.3 Å². The molecule has 218 valence electrons. The smallest absolute Gasteiger partial charge is 0.227 e. The van der Waals surface area contributed by atoms with Gasteiger partial charge in [-0.05, 0) is 89.5 Å². The highest BCUT2D eigenvalue weighted by Crippen LogP contribution is 2.35. The predicted octanol–water partition coefficient (Wildman–Crippen LogP) is 5.83. The van der Waals surface area contributed by atoms with Gasteiger partial charge in [0.25, 0.3) is 0 Å². The van der Waals surface area contributed by atoms with Gasteiger partial charge in [0.15, 0.2) is 5.58 Å². The van der Waals surface area contributed by atoms with Crippen LogP contribution in [0.25, 0.3) is 33.7 Å². The highest BCUT2D eigenvalue weighted by atomic mass is 16.5. The molecular formula is C35H39N3O4. The van der Waals surface area contributed by atoms with E-state index >= 15 is 0 Å². The zero-order valence-electron chi connectivity index (χ0n) is 24.5. The summed E-state index contributed by atoms with van der Waals surface area (Å²) in [4.78, 5) is 4.79. The Morgan fingerprint density at radius 1 is 0.738 bits per heavy atom. The van der Waals surface area contributed by atoms with Gasteiger partial charge in [-0.3, -0.25) is 0 Å². The summed E-state index contributed by atoms with van der Waals surface area (Å²) in [5.74, 6) is 1.47. The molecule has 0 aliphatic carbocycles. The van der Waals surface area contributed by atoms with Crippen LogP contribution < -0.4 is 15.4 Å². The van der Waals surface area contributed by atoms with Crippen LogP contribution in [0.1, 0.15) is 33.4 Å². The van der Waals surface area contributed by atoms with E-state index in [0.29, 0.717) is 32.1 Å². The predicted molar refractivity (Wildman–Crippen MR) is 167 cm³/mol. The number of hydrogen-bond acceptors (Lipinski definition) is 7. The average molecular weight is 566 g/mol. The molecule has 0 atom stereocenters. The molecule has 5 rings (SSSR count). The van der Waals surface area contributed by atoms with Crippen molar-refractivity contribution in [3.8, 4) is 28.3 Å². The molecule has 4 aromatic carbocycles. The van der Waals surface area contributed by atoms with Crippen LogP contribution in [-0.4, -0.2) is 41.5 Å². The van der Waals surface area contributed by atoms with Gasteiger partial charge in [-0.25, -0.2) is 4.98 Å². The zero-order chi connectivity index (χ0) is 29.5. The maximum absolute atomic E-state index is 9.02. The summed E-state index contributed by atoms with van der Waals surface area (Å²) in [5.41, 5.74) is 11.6. The first kappa shape index (κ1) is 29.5. The van der Waals surface area contributed by atoms with Gasteiger partial charge in [0.05, 0.1) is 13.2 Å². The van der Waals surface area contributed by atoms with Crippen LogP contribution in [0.4, 0.5) is 0 Å². The Morgan fingerprint density at radius 3 is 2.10 bits per heavy atom. The summed E-state index contributed by atoms with van der Waals surface area (Å²) in [6.07, 6.45) is 0. The van der Waals surface area contributed by atoms with Gasteiger partial charge in [-0.1, -0.05) is 48.5 Å². The molecule has 0 spiro atoms. The van der Waals surface area contributed by atoms with Gasteiger partial charge >= 0.3 is 0 Å². The van der Waals surface area contributed by atoms with E-state index in [0.717, 1.165) is 67.9 Å². The van der Waals surface area contributed by atoms with Crippen molar-refractivity contribution in [2.24, 2.45) is 0 Å². The molecule has 0 radical (unpaired) electrons. The molecular weight excluding hydrogens is 526 g/mol. The van der Waals surface area contributed by atoms with Gasteiger partial charge in [0, 0.05) is 31.7 Å². The highest BCUT2D eigenvalue weighted by Gasteiger charge is 2.16. The Labute approximate surface area is 247 Å². The van der Waals surface area contributed by atoms with Crippen LogP contribution in [0.3, 0.4) is 0 Å². The first-order valence-electron chi connectivity index (χ1n) is 14.4. The number of oxazole rings is 1. The highest BCUT2D eigenvalue weighted by molar-refractivity contribution is 5.81. The maximum Gasteiger partial charge on any atom is 0.227 e. The lowest BCUT2D eigenvalue weighted by molar-refractivity contribution is 0.291. The van der Waals surface area contributed by atoms with Crippen molar-refractivity contribution in [1.29, 1.82) is 0 Å². The van der Waals surface area contributed by atoms with Crippen LogP contribution >= 0.6 is 0 Å². The van der Waals surface area contributed by atoms with Gasteiger partial charge in [-0.2, -0.15) is 0 Å². The lowest BCUT2D eigenvalue weighted by Crippen LogP contribution is -2.17. The third kappa shape index (κ3) is 6.72. The number of nitrogens with one attached hydrogen (secondary N) is 2. The average Bonchev–Trinajstić information content (AvgIpc) is 3.41. The molecule has 5 aromatic rings. The fraction of sp³-hybridized carbons (Fsp3) is 0.286. The summed E-state index contributed by atoms with van der Waals surface area (Å²) in [6, 6.07) is 24.8. The topological polar surface area (TPSA) is 99.8 Å². The molecule has 0 saturated heterocycles. The summed E-state index contributed by atoms with van der Waals surface area (Å²) in [5, 5.41) is 24.4. The van der Waals surface area contributed by atoms with Crippen LogP contribution in [-0.2, 0) is 19.7 Å². The molecule has 7 heteroatoms. The number of aliphatic hydroxyl groups is 2. The third-order valence-electron chi connectivity index (χ3n) is 7.61. The van der Waals surface area contributed by atoms with Gasteiger partial charge in [0.1, 0.15) is 17.9 Å². The number of ether oxygens (including phenoxy) is 1. The first-order chi connectivity index (χ1) is 20.5. The minimum Gasteiger partial charge on any atom is -0.489 e. The van der Waals surface area contributed by atoms with Crippen molar-refractivity contribution >= 4 is 11.1 Å². The molecule has 0 aliphatic heterocycles. The number of aliphatic hydroxyl groups excluding tert-OH is 2. The molecule has 0 amide bonds. The van der Waals surface area contributed by atoms with E-state index in [-0.39, 0.29) is 13.2 Å². The Hall–Kier alpha value is -4.01. The number of rotatable bonds is 13. The fourth-order valence-corrected chi connectivity index (χ4v) is 5.25. The molecule has 0 saturated carbocycles. The third-order valence-corrected chi connectivity index (χ3v) is 7.61. The molecule has 0 aliphatic rings. The van der Waals surface area contributed by atoms with E-state index in [1.165, 1.54) is 5.56 Å². The standard InChI is InChI=1S/C35H39N3O4/c1-23-18-26(20-36-14-16-39)11-13-33(23)41-22-28-6-4-7-29(24(28)2)30-8-5-9-31(25(30)3)35-38-32-12-10-27(19-34(32)42-35)21-37-15-17-40/h4-13,18-19,36-37,39-40H,14-17,20-22H2,1-3H3. The molecule has 0 fully saturated rings. The van der Waals surface area contributed by atoms with Gasteiger partial charge in [0.2, 0.25) is 5.89 Å². The van der Waals surface area contributed by atoms with E-state index < -0.39 is 0 Å². The zero-order valence-corrected chi connectivity index (χ0v) is 24.5. The quantitative estimate of drug-likeness (QED) is 0.133. The SMILES string of the molecule is Cc1cc(CNCCO)ccc1OCc1cccc(-c2cccc(-c3nc4ccc(CNCCO)cc4o3)c2C)c1C. The minimum atomic E-state index is 0.110. The second kappa shape index (κ2) is 13.8. The summed E-state index contributed by atoms with van der Waals surface area (Å²) in [7, 11) is 0. The van der Waals surface area contributed by atoms with Crippen molar-refractivity contribution in [3.63, 3.8) is 0 Å². The lowest BCUT2D eigenvalue weighted by atomic mass is 9.91. The normalized spacial score (nSPS) is 11.4. The molecule has 0 bridgehead atoms. The number of nitrogens with zero attached hydrogens (tertiary/aromatic N) is 1. The Bertz CT molecular complexity index is 1660. The fourth-order valence-electron chi connectivity index (χ4n) is 5.25. The number of benzene rings is 4. The van der Waals surface area contributed by atoms with Crippen molar-refractivity contribution in [3.05, 3.63) is 106 Å². The second-order valence-corrected chi connectivity index (χ2v) is 10.6. The maximum atomic E-state index is 9.02. The largest absolute Gasteiger partial charge is 0.489 e. The van der Waals surface area contributed by atoms with Crippen LogP contribution in [0.15, 0.2) is 77.2 Å². The van der Waals surface area contributed by atoms with Crippen molar-refractivity contribution in [1.82, 2.24) is 15.6 Å². The first-order valence-corrected chi connectivity index (χ1v) is 14.4. The Morgan fingerprint density at radius 2 is 1.38 bits per heavy atom. The second-order valence-electron chi connectivity index (χ2n) is 10.6. The van der Waals surface area contributed by atoms with E-state index in [2.05, 4.69) is 79.9 Å². The Balaban J connectivity index is 1.36. The molecule has 42 heavy (non-hydrogen) atoms. The van der Waals surface area contributed by atoms with E-state index in [4.69, 9.17) is 24.4 Å². The van der Waals surface area contributed by atoms with E-state index in [1.54, 1.807) is 0 Å². The molecule has 1 aromatic heterocycles. The Kier molecular flexibility index (Phi) is 9.66. The van der Waals surface area contributed by atoms with Crippen molar-refractivity contribution < 1.29 is 19.4 Å². The summed E-state index contributed by atoms with van der Waals surface area (Å²) < 4.78 is 12.5. The minimum absolute atomic E-state index is 0.110. The monoisotopic (exact) mass is 565 g/mol. The van der Waals surface area contributed by atoms with E-state index in [9.17, 15) is 0 Å². The van der Waals surface area contributed by atoms with Gasteiger partial charge in [-0.15, -0.1) is 0 Å². The number of aromatic nitrogens is 1. The van der Waals surface area contributed by atoms with E-state index in [1.807, 2.05) is 24.3 Å².